The smallest absolute Gasteiger partial charge is 0.170 e. The van der Waals surface area contributed by atoms with Crippen molar-refractivity contribution < 1.29 is 35.1 Å². The van der Waals surface area contributed by atoms with Gasteiger partial charge in [0.2, 0.25) is 0 Å². The summed E-state index contributed by atoms with van der Waals surface area (Å²) in [4.78, 5) is 27.1. The summed E-state index contributed by atoms with van der Waals surface area (Å²) in [5.74, 6) is -1.18. The molecule has 4 aliphatic rings. The molecule has 208 valence electrons. The highest BCUT2D eigenvalue weighted by Gasteiger charge is 2.74. The van der Waals surface area contributed by atoms with Crippen molar-refractivity contribution >= 4 is 11.6 Å². The van der Waals surface area contributed by atoms with Crippen LogP contribution in [0.4, 0.5) is 0 Å². The summed E-state index contributed by atoms with van der Waals surface area (Å²) >= 11 is 0. The first kappa shape index (κ1) is 28.6. The number of carbonyl (C=O) groups is 2. The van der Waals surface area contributed by atoms with E-state index in [-0.39, 0.29) is 49.3 Å². The van der Waals surface area contributed by atoms with E-state index in [2.05, 4.69) is 13.0 Å². The largest absolute Gasteiger partial charge is 0.393 e. The lowest BCUT2D eigenvalue weighted by molar-refractivity contribution is -0.184. The lowest BCUT2D eigenvalue weighted by Gasteiger charge is -2.64. The second kappa shape index (κ2) is 8.82. The summed E-state index contributed by atoms with van der Waals surface area (Å²) in [5, 5.41) is 53.8. The number of hydrogen-bond donors (Lipinski definition) is 5. The van der Waals surface area contributed by atoms with Crippen LogP contribution in [0.15, 0.2) is 23.3 Å². The van der Waals surface area contributed by atoms with Crippen molar-refractivity contribution in [3.8, 4) is 0 Å². The summed E-state index contributed by atoms with van der Waals surface area (Å²) in [6, 6.07) is 0. The quantitative estimate of drug-likeness (QED) is 0.353. The van der Waals surface area contributed by atoms with Gasteiger partial charge in [0.05, 0.1) is 24.4 Å². The predicted molar refractivity (Wildman–Crippen MR) is 139 cm³/mol. The number of allylic oxidation sites excluding steroid dienone is 2. The van der Waals surface area contributed by atoms with Gasteiger partial charge < -0.3 is 25.5 Å². The standard InChI is InChI=1S/C30H46O7/c1-16(15-31)10-17(32)12-29(6,37)24-21(34)13-27(4)22-9-8-18-19(11-20(33)25(36)26(18,2)3)30(22,7)23(35)14-28(24,27)5/h8,10,17,19-22,24,31-34,37H,9,11-15H2,1-7H3/b16-10+/t17?,19-,20+,21-,22+,24+,27+,28-,29+,30+/m1/s1. The Labute approximate surface area is 220 Å². The van der Waals surface area contributed by atoms with Crippen LogP contribution in [-0.4, -0.2) is 67.6 Å². The highest BCUT2D eigenvalue weighted by atomic mass is 16.3. The van der Waals surface area contributed by atoms with E-state index >= 15 is 0 Å². The lowest BCUT2D eigenvalue weighted by atomic mass is 9.38. The van der Waals surface area contributed by atoms with E-state index < -0.39 is 51.5 Å². The molecule has 0 saturated heterocycles. The number of hydrogen-bond acceptors (Lipinski definition) is 7. The van der Waals surface area contributed by atoms with Crippen LogP contribution in [0, 0.1) is 39.4 Å². The van der Waals surface area contributed by atoms with Crippen molar-refractivity contribution in [2.45, 2.75) is 104 Å². The van der Waals surface area contributed by atoms with Crippen molar-refractivity contribution in [1.29, 1.82) is 0 Å². The number of aliphatic hydroxyl groups excluding tert-OH is 4. The van der Waals surface area contributed by atoms with E-state index in [1.165, 1.54) is 6.08 Å². The van der Waals surface area contributed by atoms with Crippen molar-refractivity contribution in [3.05, 3.63) is 23.3 Å². The number of Topliss-reactive ketones (excluding diaryl/α,β-unsaturated/α-hetero) is 2. The summed E-state index contributed by atoms with van der Waals surface area (Å²) in [6.45, 7) is 12.9. The average molecular weight is 519 g/mol. The second-order valence-electron chi connectivity index (χ2n) is 14.0. The fourth-order valence-electron chi connectivity index (χ4n) is 9.49. The van der Waals surface area contributed by atoms with Gasteiger partial charge in [-0.3, -0.25) is 9.59 Å². The van der Waals surface area contributed by atoms with Crippen LogP contribution in [0.25, 0.3) is 0 Å². The number of rotatable bonds is 5. The van der Waals surface area contributed by atoms with Crippen LogP contribution in [0.1, 0.15) is 80.6 Å². The summed E-state index contributed by atoms with van der Waals surface area (Å²) < 4.78 is 0. The Hall–Kier alpha value is -1.38. The van der Waals surface area contributed by atoms with Crippen LogP contribution in [0.2, 0.25) is 0 Å². The lowest BCUT2D eigenvalue weighted by Crippen LogP contribution is -2.65. The maximum Gasteiger partial charge on any atom is 0.170 e. The van der Waals surface area contributed by atoms with Gasteiger partial charge in [0.25, 0.3) is 0 Å². The molecule has 10 atom stereocenters. The van der Waals surface area contributed by atoms with Gasteiger partial charge >= 0.3 is 0 Å². The van der Waals surface area contributed by atoms with Crippen LogP contribution in [0.5, 0.6) is 0 Å². The van der Waals surface area contributed by atoms with Gasteiger partial charge in [-0.05, 0) is 75.2 Å². The molecule has 0 aromatic heterocycles. The fourth-order valence-corrected chi connectivity index (χ4v) is 9.49. The van der Waals surface area contributed by atoms with E-state index in [0.29, 0.717) is 18.4 Å². The zero-order valence-corrected chi connectivity index (χ0v) is 23.4. The third-order valence-electron chi connectivity index (χ3n) is 11.4. The normalized spacial score (nSPS) is 45.9. The van der Waals surface area contributed by atoms with Gasteiger partial charge in [-0.1, -0.05) is 38.5 Å². The fraction of sp³-hybridized carbons (Fsp3) is 0.800. The molecule has 0 radical (unpaired) electrons. The van der Waals surface area contributed by atoms with E-state index in [4.69, 9.17) is 0 Å². The molecule has 4 aliphatic carbocycles. The molecule has 0 bridgehead atoms. The Balaban J connectivity index is 1.76. The molecule has 37 heavy (non-hydrogen) atoms. The maximum atomic E-state index is 14.2. The second-order valence-corrected chi connectivity index (χ2v) is 14.0. The first-order chi connectivity index (χ1) is 16.9. The van der Waals surface area contributed by atoms with Gasteiger partial charge in [-0.2, -0.15) is 0 Å². The Morgan fingerprint density at radius 3 is 2.38 bits per heavy atom. The molecule has 7 heteroatoms. The monoisotopic (exact) mass is 518 g/mol. The highest BCUT2D eigenvalue weighted by Crippen LogP contribution is 2.74. The van der Waals surface area contributed by atoms with Crippen LogP contribution < -0.4 is 0 Å². The average Bonchev–Trinajstić information content (AvgIpc) is 2.97. The first-order valence-corrected chi connectivity index (χ1v) is 13.7. The van der Waals surface area contributed by atoms with Crippen LogP contribution >= 0.6 is 0 Å². The molecule has 1 unspecified atom stereocenters. The third-order valence-corrected chi connectivity index (χ3v) is 11.4. The Kier molecular flexibility index (Phi) is 6.82. The van der Waals surface area contributed by atoms with Crippen molar-refractivity contribution in [1.82, 2.24) is 0 Å². The molecular formula is C30H46O7. The van der Waals surface area contributed by atoms with Gasteiger partial charge in [0, 0.05) is 29.6 Å². The Morgan fingerprint density at radius 1 is 1.16 bits per heavy atom. The van der Waals surface area contributed by atoms with E-state index in [1.54, 1.807) is 13.8 Å². The van der Waals surface area contributed by atoms with Crippen molar-refractivity contribution in [3.63, 3.8) is 0 Å². The minimum absolute atomic E-state index is 0.0248. The number of ketones is 2. The molecule has 3 fully saturated rings. The molecule has 0 heterocycles. The molecule has 0 amide bonds. The topological polar surface area (TPSA) is 135 Å². The van der Waals surface area contributed by atoms with E-state index in [1.807, 2.05) is 27.7 Å². The van der Waals surface area contributed by atoms with Crippen LogP contribution in [0.3, 0.4) is 0 Å². The Bertz CT molecular complexity index is 1040. The minimum atomic E-state index is -1.46. The van der Waals surface area contributed by atoms with Crippen molar-refractivity contribution in [2.24, 2.45) is 39.4 Å². The number of fused-ring (bicyclic) bond motifs is 5. The molecule has 0 aliphatic heterocycles. The molecule has 0 aromatic rings. The predicted octanol–water partition coefficient (Wildman–Crippen LogP) is 2.72. The molecule has 3 saturated carbocycles. The number of carbonyl (C=O) groups excluding carboxylic acids is 2. The summed E-state index contributed by atoms with van der Waals surface area (Å²) in [6.07, 6.45) is 2.03. The van der Waals surface area contributed by atoms with Crippen molar-refractivity contribution in [2.75, 3.05) is 6.61 Å². The third kappa shape index (κ3) is 3.87. The molecule has 0 spiro atoms. The highest BCUT2D eigenvalue weighted by molar-refractivity contribution is 5.94. The zero-order valence-electron chi connectivity index (χ0n) is 23.4. The molecule has 5 N–H and O–H groups in total. The van der Waals surface area contributed by atoms with E-state index in [0.717, 1.165) is 5.57 Å². The minimum Gasteiger partial charge on any atom is -0.393 e. The summed E-state index contributed by atoms with van der Waals surface area (Å²) in [5.41, 5.74) is -2.78. The van der Waals surface area contributed by atoms with E-state index in [9.17, 15) is 35.1 Å². The Morgan fingerprint density at radius 2 is 1.78 bits per heavy atom. The molecule has 7 nitrogen and oxygen atoms in total. The van der Waals surface area contributed by atoms with Crippen LogP contribution in [-0.2, 0) is 9.59 Å². The number of aliphatic hydroxyl groups is 5. The van der Waals surface area contributed by atoms with Gasteiger partial charge in [0.1, 0.15) is 11.9 Å². The summed E-state index contributed by atoms with van der Waals surface area (Å²) in [7, 11) is 0. The van der Waals surface area contributed by atoms with Gasteiger partial charge in [-0.25, -0.2) is 0 Å². The van der Waals surface area contributed by atoms with Gasteiger partial charge in [0.15, 0.2) is 5.78 Å². The SMILES string of the molecule is C/C(=C\C(O)C[C@](C)(O)[C@H]1[C@H](O)C[C@@]2(C)[C@@H]3CC=C4[C@@H](C[C@H](O)C(=O)C4(C)C)[C@]3(C)C(=O)C[C@]12C)CO. The first-order valence-electron chi connectivity index (χ1n) is 13.7. The zero-order chi connectivity index (χ0) is 27.9. The maximum absolute atomic E-state index is 14.2. The molecule has 4 rings (SSSR count). The van der Waals surface area contributed by atoms with Gasteiger partial charge in [-0.15, -0.1) is 0 Å². The molecular weight excluding hydrogens is 472 g/mol. The molecule has 0 aromatic carbocycles.